The van der Waals surface area contributed by atoms with Crippen LogP contribution in [0.25, 0.3) is 0 Å². The number of hydrogen-bond donors (Lipinski definition) is 1. The Labute approximate surface area is 129 Å². The molecule has 1 N–H and O–H groups in total. The van der Waals surface area contributed by atoms with Gasteiger partial charge in [0.25, 0.3) is 0 Å². The molecule has 3 atom stereocenters. The third kappa shape index (κ3) is 4.21. The van der Waals surface area contributed by atoms with Crippen molar-refractivity contribution in [3.8, 4) is 0 Å². The highest BCUT2D eigenvalue weighted by atomic mass is 79.9. The van der Waals surface area contributed by atoms with E-state index in [0.717, 1.165) is 40.2 Å². The number of hydrogen-bond acceptors (Lipinski definition) is 1. The highest BCUT2D eigenvalue weighted by molar-refractivity contribution is 9.10. The average Bonchev–Trinajstić information content (AvgIpc) is 2.37. The van der Waals surface area contributed by atoms with Crippen molar-refractivity contribution < 1.29 is 5.11 Å². The highest BCUT2D eigenvalue weighted by Gasteiger charge is 2.29. The summed E-state index contributed by atoms with van der Waals surface area (Å²) in [4.78, 5) is 0. The second-order valence-corrected chi connectivity index (χ2v) is 7.06. The third-order valence-corrected chi connectivity index (χ3v) is 5.09. The van der Waals surface area contributed by atoms with Crippen molar-refractivity contribution in [1.82, 2.24) is 0 Å². The summed E-state index contributed by atoms with van der Waals surface area (Å²) in [5.74, 6) is 1.15. The molecule has 1 aliphatic carbocycles. The van der Waals surface area contributed by atoms with Crippen molar-refractivity contribution in [2.75, 3.05) is 0 Å². The molecule has 0 aliphatic heterocycles. The molecule has 0 radical (unpaired) electrons. The number of halogens is 2. The van der Waals surface area contributed by atoms with E-state index in [9.17, 15) is 5.11 Å². The van der Waals surface area contributed by atoms with Crippen LogP contribution < -0.4 is 0 Å². The lowest BCUT2D eigenvalue weighted by atomic mass is 9.75. The normalized spacial score (nSPS) is 27.5. The van der Waals surface area contributed by atoms with E-state index in [2.05, 4.69) is 28.9 Å². The Morgan fingerprint density at radius 3 is 2.84 bits per heavy atom. The summed E-state index contributed by atoms with van der Waals surface area (Å²) in [7, 11) is 0. The van der Waals surface area contributed by atoms with Crippen LogP contribution in [0.1, 0.15) is 44.6 Å². The van der Waals surface area contributed by atoms with Crippen LogP contribution in [-0.2, 0) is 6.42 Å². The lowest BCUT2D eigenvalue weighted by Crippen LogP contribution is -2.30. The van der Waals surface area contributed by atoms with Gasteiger partial charge < -0.3 is 5.11 Å². The van der Waals surface area contributed by atoms with Crippen LogP contribution in [0.5, 0.6) is 0 Å². The van der Waals surface area contributed by atoms with Gasteiger partial charge in [-0.1, -0.05) is 53.4 Å². The second-order valence-electron chi connectivity index (χ2n) is 5.74. The molecule has 1 fully saturated rings. The fourth-order valence-electron chi connectivity index (χ4n) is 3.20. The number of aliphatic hydroxyl groups excluding tert-OH is 1. The second kappa shape index (κ2) is 7.10. The molecule has 0 saturated heterocycles. The van der Waals surface area contributed by atoms with E-state index >= 15 is 0 Å². The van der Waals surface area contributed by atoms with Crippen LogP contribution in [0.3, 0.4) is 0 Å². The topological polar surface area (TPSA) is 20.2 Å². The summed E-state index contributed by atoms with van der Waals surface area (Å²) in [5, 5.41) is 11.0. The highest BCUT2D eigenvalue weighted by Crippen LogP contribution is 2.35. The van der Waals surface area contributed by atoms with Gasteiger partial charge in [-0.2, -0.15) is 0 Å². The van der Waals surface area contributed by atoms with Crippen LogP contribution in [-0.4, -0.2) is 11.2 Å². The number of aliphatic hydroxyl groups is 1. The maximum Gasteiger partial charge on any atom is 0.0571 e. The predicted molar refractivity (Wildman–Crippen MR) is 84.6 cm³/mol. The molecule has 0 spiro atoms. The Kier molecular flexibility index (Phi) is 5.73. The molecular weight excluding hydrogens is 324 g/mol. The largest absolute Gasteiger partial charge is 0.393 e. The molecule has 1 aliphatic rings. The average molecular weight is 346 g/mol. The summed E-state index contributed by atoms with van der Waals surface area (Å²) >= 11 is 9.71. The van der Waals surface area contributed by atoms with Crippen LogP contribution >= 0.6 is 27.5 Å². The van der Waals surface area contributed by atoms with Gasteiger partial charge in [0.2, 0.25) is 0 Å². The molecule has 0 heterocycles. The minimum Gasteiger partial charge on any atom is -0.393 e. The smallest absolute Gasteiger partial charge is 0.0571 e. The van der Waals surface area contributed by atoms with Gasteiger partial charge in [0.1, 0.15) is 0 Å². The first-order chi connectivity index (χ1) is 9.10. The van der Waals surface area contributed by atoms with E-state index in [1.807, 2.05) is 12.1 Å². The van der Waals surface area contributed by atoms with Crippen LogP contribution in [0.15, 0.2) is 22.7 Å². The zero-order valence-corrected chi connectivity index (χ0v) is 13.8. The van der Waals surface area contributed by atoms with Crippen molar-refractivity contribution in [1.29, 1.82) is 0 Å². The van der Waals surface area contributed by atoms with E-state index in [1.54, 1.807) is 0 Å². The van der Waals surface area contributed by atoms with E-state index in [0.29, 0.717) is 5.92 Å². The predicted octanol–water partition coefficient (Wildman–Crippen LogP) is 5.22. The molecule has 19 heavy (non-hydrogen) atoms. The Bertz CT molecular complexity index is 421. The number of benzene rings is 1. The first-order valence-electron chi connectivity index (χ1n) is 7.22. The van der Waals surface area contributed by atoms with Gasteiger partial charge in [0.15, 0.2) is 0 Å². The van der Waals surface area contributed by atoms with Crippen molar-refractivity contribution in [3.05, 3.63) is 33.3 Å². The molecule has 0 aromatic heterocycles. The quantitative estimate of drug-likeness (QED) is 0.793. The van der Waals surface area contributed by atoms with Gasteiger partial charge in [-0.05, 0) is 55.2 Å². The Balaban J connectivity index is 2.03. The summed E-state index contributed by atoms with van der Waals surface area (Å²) in [6, 6.07) is 6.04. The zero-order chi connectivity index (χ0) is 13.8. The standard InChI is InChI=1S/C16H22BrClO/c1-2-3-11-4-7-16(19)13(8-11)9-12-5-6-14(17)10-15(12)18/h5-6,10-11,13,16,19H,2-4,7-9H2,1H3. The minimum atomic E-state index is -0.159. The van der Waals surface area contributed by atoms with Crippen molar-refractivity contribution in [2.24, 2.45) is 11.8 Å². The van der Waals surface area contributed by atoms with Gasteiger partial charge >= 0.3 is 0 Å². The first kappa shape index (κ1) is 15.3. The molecule has 1 aromatic carbocycles. The minimum absolute atomic E-state index is 0.159. The molecule has 106 valence electrons. The summed E-state index contributed by atoms with van der Waals surface area (Å²) in [6.45, 7) is 2.24. The first-order valence-corrected chi connectivity index (χ1v) is 8.39. The molecule has 0 amide bonds. The van der Waals surface area contributed by atoms with Crippen LogP contribution in [0.2, 0.25) is 5.02 Å². The summed E-state index contributed by atoms with van der Waals surface area (Å²) in [6.07, 6.45) is 6.54. The van der Waals surface area contributed by atoms with E-state index in [4.69, 9.17) is 11.6 Å². The number of rotatable bonds is 4. The molecule has 2 rings (SSSR count). The van der Waals surface area contributed by atoms with Gasteiger partial charge in [0, 0.05) is 9.50 Å². The third-order valence-electron chi connectivity index (χ3n) is 4.25. The monoisotopic (exact) mass is 344 g/mol. The molecular formula is C16H22BrClO. The van der Waals surface area contributed by atoms with Crippen molar-refractivity contribution in [2.45, 2.75) is 51.6 Å². The summed E-state index contributed by atoms with van der Waals surface area (Å²) < 4.78 is 1.01. The summed E-state index contributed by atoms with van der Waals surface area (Å²) in [5.41, 5.74) is 1.16. The maximum absolute atomic E-state index is 10.2. The molecule has 1 aromatic rings. The molecule has 1 nitrogen and oxygen atoms in total. The van der Waals surface area contributed by atoms with Gasteiger partial charge in [-0.15, -0.1) is 0 Å². The van der Waals surface area contributed by atoms with E-state index < -0.39 is 0 Å². The maximum atomic E-state index is 10.2. The lowest BCUT2D eigenvalue weighted by Gasteiger charge is -2.33. The molecule has 3 unspecified atom stereocenters. The van der Waals surface area contributed by atoms with Gasteiger partial charge in [-0.25, -0.2) is 0 Å². The molecule has 1 saturated carbocycles. The fraction of sp³-hybridized carbons (Fsp3) is 0.625. The van der Waals surface area contributed by atoms with E-state index in [-0.39, 0.29) is 6.10 Å². The molecule has 3 heteroatoms. The lowest BCUT2D eigenvalue weighted by molar-refractivity contribution is 0.0463. The Morgan fingerprint density at radius 2 is 2.16 bits per heavy atom. The molecule has 0 bridgehead atoms. The van der Waals surface area contributed by atoms with E-state index in [1.165, 1.54) is 19.3 Å². The fourth-order valence-corrected chi connectivity index (χ4v) is 3.96. The zero-order valence-electron chi connectivity index (χ0n) is 11.4. The van der Waals surface area contributed by atoms with Crippen molar-refractivity contribution >= 4 is 27.5 Å². The Morgan fingerprint density at radius 1 is 1.37 bits per heavy atom. The van der Waals surface area contributed by atoms with Crippen LogP contribution in [0, 0.1) is 11.8 Å². The van der Waals surface area contributed by atoms with Gasteiger partial charge in [-0.3, -0.25) is 0 Å². The van der Waals surface area contributed by atoms with Crippen molar-refractivity contribution in [3.63, 3.8) is 0 Å². The van der Waals surface area contributed by atoms with Gasteiger partial charge in [0.05, 0.1) is 6.10 Å². The SMILES string of the molecule is CCCC1CCC(O)C(Cc2ccc(Br)cc2Cl)C1. The van der Waals surface area contributed by atoms with Crippen LogP contribution in [0.4, 0.5) is 0 Å². The Hall–Kier alpha value is -0.0500.